The molecule has 0 unspecified atom stereocenters. The van der Waals surface area contributed by atoms with Crippen LogP contribution in [0.4, 0.5) is 0 Å². The summed E-state index contributed by atoms with van der Waals surface area (Å²) in [4.78, 5) is 11.7. The van der Waals surface area contributed by atoms with E-state index in [0.29, 0.717) is 0 Å². The fourth-order valence-corrected chi connectivity index (χ4v) is 1.82. The van der Waals surface area contributed by atoms with Gasteiger partial charge in [0.25, 0.3) is 0 Å². The second-order valence-electron chi connectivity index (χ2n) is 4.58. The van der Waals surface area contributed by atoms with Gasteiger partial charge in [-0.05, 0) is 25.7 Å². The Morgan fingerprint density at radius 1 is 1.18 bits per heavy atom. The van der Waals surface area contributed by atoms with Crippen molar-refractivity contribution in [3.63, 3.8) is 0 Å². The third-order valence-corrected chi connectivity index (χ3v) is 3.63. The molecule has 0 bridgehead atoms. The lowest BCUT2D eigenvalue weighted by atomic mass is 9.94. The summed E-state index contributed by atoms with van der Waals surface area (Å²) >= 11 is 0. The molecule has 0 aromatic carbocycles. The number of rotatable bonds is 9. The fraction of sp³-hybridized carbons (Fsp3) is 0.923. The summed E-state index contributed by atoms with van der Waals surface area (Å²) in [6, 6.07) is 0.260. The molecule has 0 heterocycles. The average Bonchev–Trinajstić information content (AvgIpc) is 2.38. The molecular formula is C13H28N2O2. The van der Waals surface area contributed by atoms with Gasteiger partial charge in [0.2, 0.25) is 5.91 Å². The van der Waals surface area contributed by atoms with Crippen molar-refractivity contribution in [3.05, 3.63) is 0 Å². The molecule has 0 aliphatic rings. The molecule has 0 spiro atoms. The lowest BCUT2D eigenvalue weighted by Crippen LogP contribution is -2.52. The average molecular weight is 244 g/mol. The molecule has 1 amide bonds. The Balaban J connectivity index is 4.13. The summed E-state index contributed by atoms with van der Waals surface area (Å²) < 4.78 is 0. The molecule has 0 saturated heterocycles. The van der Waals surface area contributed by atoms with Crippen LogP contribution in [0.15, 0.2) is 0 Å². The van der Waals surface area contributed by atoms with E-state index in [4.69, 9.17) is 0 Å². The number of hydrogen-bond acceptors (Lipinski definition) is 3. The van der Waals surface area contributed by atoms with Crippen LogP contribution in [0.2, 0.25) is 0 Å². The van der Waals surface area contributed by atoms with E-state index in [-0.39, 0.29) is 30.6 Å². The highest BCUT2D eigenvalue weighted by Crippen LogP contribution is 2.13. The quantitative estimate of drug-likeness (QED) is 0.575. The van der Waals surface area contributed by atoms with Crippen LogP contribution in [-0.4, -0.2) is 35.7 Å². The molecule has 0 aliphatic heterocycles. The van der Waals surface area contributed by atoms with Gasteiger partial charge in [0.1, 0.15) is 0 Å². The molecule has 0 atom stereocenters. The Morgan fingerprint density at radius 2 is 1.71 bits per heavy atom. The lowest BCUT2D eigenvalue weighted by Gasteiger charge is -2.30. The van der Waals surface area contributed by atoms with Crippen LogP contribution >= 0.6 is 0 Å². The van der Waals surface area contributed by atoms with Crippen molar-refractivity contribution in [2.45, 2.75) is 65.0 Å². The highest BCUT2D eigenvalue weighted by atomic mass is 16.3. The highest BCUT2D eigenvalue weighted by Gasteiger charge is 2.25. The number of nitrogens with one attached hydrogen (secondary N) is 2. The first-order chi connectivity index (χ1) is 8.07. The summed E-state index contributed by atoms with van der Waals surface area (Å²) in [6.45, 7) is 8.52. The van der Waals surface area contributed by atoms with Gasteiger partial charge in [-0.3, -0.25) is 4.79 Å². The lowest BCUT2D eigenvalue weighted by molar-refractivity contribution is -0.121. The normalized spacial score (nSPS) is 11.9. The molecule has 102 valence electrons. The number of aliphatic hydroxyl groups is 1. The molecule has 0 rings (SSSR count). The van der Waals surface area contributed by atoms with Gasteiger partial charge in [-0.25, -0.2) is 0 Å². The van der Waals surface area contributed by atoms with E-state index in [9.17, 15) is 9.90 Å². The van der Waals surface area contributed by atoms with Gasteiger partial charge in [0.15, 0.2) is 0 Å². The Labute approximate surface area is 105 Å². The maximum atomic E-state index is 11.7. The number of carbonyl (C=O) groups is 1. The summed E-state index contributed by atoms with van der Waals surface area (Å²) in [7, 11) is 0. The van der Waals surface area contributed by atoms with Crippen molar-refractivity contribution in [2.24, 2.45) is 0 Å². The van der Waals surface area contributed by atoms with Crippen LogP contribution in [0.1, 0.15) is 53.4 Å². The molecule has 0 fully saturated rings. The van der Waals surface area contributed by atoms with Crippen LogP contribution < -0.4 is 10.6 Å². The van der Waals surface area contributed by atoms with E-state index in [1.54, 1.807) is 0 Å². The molecule has 4 nitrogen and oxygen atoms in total. The van der Waals surface area contributed by atoms with E-state index in [1.165, 1.54) is 0 Å². The van der Waals surface area contributed by atoms with Gasteiger partial charge in [-0.15, -0.1) is 0 Å². The molecule has 0 radical (unpaired) electrons. The molecule has 4 heteroatoms. The fourth-order valence-electron chi connectivity index (χ4n) is 1.82. The number of carbonyl (C=O) groups excluding carboxylic acids is 1. The van der Waals surface area contributed by atoms with Crippen molar-refractivity contribution >= 4 is 5.91 Å². The SMILES string of the molecule is CCC(CC)NC(=O)CNC(CC)(CC)CO. The Hall–Kier alpha value is -0.610. The van der Waals surface area contributed by atoms with E-state index in [0.717, 1.165) is 25.7 Å². The van der Waals surface area contributed by atoms with Gasteiger partial charge in [-0.2, -0.15) is 0 Å². The Kier molecular flexibility index (Phi) is 8.17. The van der Waals surface area contributed by atoms with E-state index in [2.05, 4.69) is 24.5 Å². The van der Waals surface area contributed by atoms with Gasteiger partial charge in [-0.1, -0.05) is 27.7 Å². The number of hydrogen-bond donors (Lipinski definition) is 3. The van der Waals surface area contributed by atoms with Crippen LogP contribution in [0.5, 0.6) is 0 Å². The maximum absolute atomic E-state index is 11.7. The van der Waals surface area contributed by atoms with Crippen LogP contribution in [0.3, 0.4) is 0 Å². The molecule has 17 heavy (non-hydrogen) atoms. The first-order valence-electron chi connectivity index (χ1n) is 6.72. The zero-order chi connectivity index (χ0) is 13.3. The highest BCUT2D eigenvalue weighted by molar-refractivity contribution is 5.78. The molecular weight excluding hydrogens is 216 g/mol. The van der Waals surface area contributed by atoms with Crippen LogP contribution in [0.25, 0.3) is 0 Å². The summed E-state index contributed by atoms with van der Waals surface area (Å²) in [5, 5.41) is 15.5. The van der Waals surface area contributed by atoms with E-state index >= 15 is 0 Å². The third kappa shape index (κ3) is 5.50. The molecule has 0 aromatic rings. The zero-order valence-electron chi connectivity index (χ0n) is 11.7. The van der Waals surface area contributed by atoms with Gasteiger partial charge >= 0.3 is 0 Å². The summed E-state index contributed by atoms with van der Waals surface area (Å²) in [6.07, 6.45) is 3.54. The topological polar surface area (TPSA) is 61.4 Å². The first-order valence-corrected chi connectivity index (χ1v) is 6.72. The predicted octanol–water partition coefficient (Wildman–Crippen LogP) is 1.43. The maximum Gasteiger partial charge on any atom is 0.234 e. The molecule has 0 aliphatic carbocycles. The van der Waals surface area contributed by atoms with Gasteiger partial charge in [0.05, 0.1) is 13.2 Å². The number of amides is 1. The van der Waals surface area contributed by atoms with E-state index < -0.39 is 0 Å². The summed E-state index contributed by atoms with van der Waals surface area (Å²) in [5.41, 5.74) is -0.314. The Bertz CT molecular complexity index is 203. The molecule has 0 saturated carbocycles. The standard InChI is InChI=1S/C13H28N2O2/c1-5-11(6-2)15-12(17)9-14-13(7-3,8-4)10-16/h11,14,16H,5-10H2,1-4H3,(H,15,17). The second-order valence-corrected chi connectivity index (χ2v) is 4.58. The predicted molar refractivity (Wildman–Crippen MR) is 70.9 cm³/mol. The monoisotopic (exact) mass is 244 g/mol. The minimum Gasteiger partial charge on any atom is -0.394 e. The first kappa shape index (κ1) is 16.4. The largest absolute Gasteiger partial charge is 0.394 e. The summed E-state index contributed by atoms with van der Waals surface area (Å²) in [5.74, 6) is 0.0124. The number of aliphatic hydroxyl groups excluding tert-OH is 1. The van der Waals surface area contributed by atoms with Crippen LogP contribution in [0, 0.1) is 0 Å². The zero-order valence-corrected chi connectivity index (χ0v) is 11.7. The van der Waals surface area contributed by atoms with Crippen molar-refractivity contribution < 1.29 is 9.90 Å². The van der Waals surface area contributed by atoms with Crippen molar-refractivity contribution in [3.8, 4) is 0 Å². The van der Waals surface area contributed by atoms with Gasteiger partial charge in [0, 0.05) is 11.6 Å². The second kappa shape index (κ2) is 8.48. The smallest absolute Gasteiger partial charge is 0.234 e. The van der Waals surface area contributed by atoms with E-state index in [1.807, 2.05) is 13.8 Å². The molecule has 0 aromatic heterocycles. The van der Waals surface area contributed by atoms with Crippen molar-refractivity contribution in [1.82, 2.24) is 10.6 Å². The third-order valence-electron chi connectivity index (χ3n) is 3.63. The van der Waals surface area contributed by atoms with Crippen LogP contribution in [-0.2, 0) is 4.79 Å². The molecule has 3 N–H and O–H groups in total. The minimum absolute atomic E-state index is 0.0124. The van der Waals surface area contributed by atoms with Crippen molar-refractivity contribution in [1.29, 1.82) is 0 Å². The van der Waals surface area contributed by atoms with Crippen molar-refractivity contribution in [2.75, 3.05) is 13.2 Å². The minimum atomic E-state index is -0.314. The Morgan fingerprint density at radius 3 is 2.06 bits per heavy atom. The van der Waals surface area contributed by atoms with Gasteiger partial charge < -0.3 is 15.7 Å².